The van der Waals surface area contributed by atoms with E-state index in [9.17, 15) is 29.4 Å². The topological polar surface area (TPSA) is 152 Å². The van der Waals surface area contributed by atoms with E-state index in [0.717, 1.165) is 11.1 Å². The lowest BCUT2D eigenvalue weighted by Crippen LogP contribution is -2.73. The Kier molecular flexibility index (Phi) is 5.06. The molecule has 2 N–H and O–H groups in total. The Morgan fingerprint density at radius 2 is 1.40 bits per heavy atom. The number of carbonyl (C=O) groups is 4. The normalized spacial score (nSPS) is 47.0. The van der Waals surface area contributed by atoms with Gasteiger partial charge in [-0.1, -0.05) is 23.3 Å². The van der Waals surface area contributed by atoms with E-state index >= 15 is 0 Å². The Morgan fingerprint density at radius 1 is 0.825 bits per heavy atom. The van der Waals surface area contributed by atoms with Crippen molar-refractivity contribution in [2.45, 2.75) is 95.5 Å². The molecule has 5 aliphatic heterocycles. The van der Waals surface area contributed by atoms with Crippen molar-refractivity contribution in [2.24, 2.45) is 17.3 Å². The molecule has 8 rings (SSSR count). The first-order chi connectivity index (χ1) is 18.8. The van der Waals surface area contributed by atoms with Crippen LogP contribution in [0.4, 0.5) is 0 Å². The van der Waals surface area contributed by atoms with Crippen molar-refractivity contribution in [2.75, 3.05) is 0 Å². The Labute approximate surface area is 230 Å². The van der Waals surface area contributed by atoms with Crippen molar-refractivity contribution in [3.63, 3.8) is 0 Å². The fourth-order valence-corrected chi connectivity index (χ4v) is 8.27. The first kappa shape index (κ1) is 26.2. The average molecular weight is 553 g/mol. The number of carbonyl (C=O) groups excluding carboxylic acids is 4. The summed E-state index contributed by atoms with van der Waals surface area (Å²) in [7, 11) is 0. The van der Waals surface area contributed by atoms with Crippen LogP contribution >= 0.6 is 0 Å². The Balaban J connectivity index is 1.42. The summed E-state index contributed by atoms with van der Waals surface area (Å²) in [6.45, 7) is 10.6. The molecule has 5 heterocycles. The summed E-state index contributed by atoms with van der Waals surface area (Å²) >= 11 is 0. The average Bonchev–Trinajstić information content (AvgIpc) is 3.78. The molecule has 10 nitrogen and oxygen atoms in total. The molecule has 212 valence electrons. The molecule has 3 saturated heterocycles. The highest BCUT2D eigenvalue weighted by atomic mass is 16.6. The minimum Gasteiger partial charge on any atom is -0.498 e. The minimum absolute atomic E-state index is 0.0153. The third-order valence-corrected chi connectivity index (χ3v) is 9.92. The third-order valence-electron chi connectivity index (χ3n) is 9.92. The molecule has 40 heavy (non-hydrogen) atoms. The van der Waals surface area contributed by atoms with Crippen LogP contribution in [0.1, 0.15) is 41.5 Å². The van der Waals surface area contributed by atoms with E-state index in [1.54, 1.807) is 41.5 Å². The Bertz CT molecular complexity index is 1440. The Hall–Kier alpha value is -2.76. The molecule has 1 spiro atoms. The highest BCUT2D eigenvalue weighted by molar-refractivity contribution is 6.26. The van der Waals surface area contributed by atoms with Gasteiger partial charge in [-0.15, -0.1) is 0 Å². The molecular weight excluding hydrogens is 520 g/mol. The number of rotatable bonds is 4. The molecule has 0 aromatic rings. The van der Waals surface area contributed by atoms with Crippen LogP contribution < -0.4 is 0 Å². The zero-order chi connectivity index (χ0) is 28.8. The van der Waals surface area contributed by atoms with E-state index in [1.807, 2.05) is 0 Å². The summed E-state index contributed by atoms with van der Waals surface area (Å²) in [5.41, 5.74) is -3.57. The maximum absolute atomic E-state index is 14.6. The number of hydrogen-bond acceptors (Lipinski definition) is 10. The number of fused-ring (bicyclic) bond motifs is 3. The predicted octanol–water partition coefficient (Wildman–Crippen LogP) is 0.838. The number of aliphatic hydroxyl groups excluding tert-OH is 2. The smallest absolute Gasteiger partial charge is 0.201 e. The second-order valence-corrected chi connectivity index (χ2v) is 12.7. The second kappa shape index (κ2) is 7.74. The molecule has 10 heteroatoms. The standard InChI is InChI=1S/C30H32O10/c1-10(2)7-15(31)29-22(34)14-9-37-13(6)20-17-12(5)38-25(28(14,20)24(36)27(29)40-29)19-18(17)21(33)26-30(39-26,23(19)35)16(32)8-11(3)4/h7-9,12-13,15-17,20,25-27,31-32H,1-6H3/t12-,13+,15-,16-,17+,20+,25+,26-,27-,28+,29-,30-/m1/s1. The van der Waals surface area contributed by atoms with E-state index in [2.05, 4.69) is 0 Å². The number of ketones is 4. The van der Waals surface area contributed by atoms with Gasteiger partial charge in [0.15, 0.2) is 40.8 Å². The first-order valence-electron chi connectivity index (χ1n) is 13.7. The summed E-state index contributed by atoms with van der Waals surface area (Å²) in [5, 5.41) is 22.0. The highest BCUT2D eigenvalue weighted by Crippen LogP contribution is 2.69. The molecule has 2 bridgehead atoms. The monoisotopic (exact) mass is 552 g/mol. The molecule has 0 radical (unpaired) electrons. The lowest BCUT2D eigenvalue weighted by atomic mass is 9.44. The van der Waals surface area contributed by atoms with Crippen LogP contribution in [0.2, 0.25) is 0 Å². The van der Waals surface area contributed by atoms with Gasteiger partial charge >= 0.3 is 0 Å². The van der Waals surface area contributed by atoms with Gasteiger partial charge in [-0.25, -0.2) is 0 Å². The van der Waals surface area contributed by atoms with Gasteiger partial charge in [-0.2, -0.15) is 0 Å². The largest absolute Gasteiger partial charge is 0.498 e. The van der Waals surface area contributed by atoms with Crippen molar-refractivity contribution >= 4 is 23.1 Å². The molecule has 0 amide bonds. The molecule has 3 aliphatic carbocycles. The molecule has 4 fully saturated rings. The van der Waals surface area contributed by atoms with Gasteiger partial charge in [-0.05, 0) is 41.5 Å². The van der Waals surface area contributed by atoms with E-state index in [4.69, 9.17) is 18.9 Å². The summed E-state index contributed by atoms with van der Waals surface area (Å²) in [6, 6.07) is 0. The van der Waals surface area contributed by atoms with Crippen LogP contribution in [0.25, 0.3) is 0 Å². The highest BCUT2D eigenvalue weighted by Gasteiger charge is 2.86. The van der Waals surface area contributed by atoms with Crippen molar-refractivity contribution in [3.8, 4) is 0 Å². The van der Waals surface area contributed by atoms with Gasteiger partial charge in [0, 0.05) is 23.0 Å². The van der Waals surface area contributed by atoms with Crippen LogP contribution in [0.3, 0.4) is 0 Å². The number of allylic oxidation sites excluding steroid dienone is 2. The molecule has 0 aromatic heterocycles. The minimum atomic E-state index is -1.80. The van der Waals surface area contributed by atoms with Crippen LogP contribution in [0.15, 0.2) is 46.3 Å². The van der Waals surface area contributed by atoms with E-state index in [-0.39, 0.29) is 16.7 Å². The van der Waals surface area contributed by atoms with Crippen molar-refractivity contribution in [3.05, 3.63) is 46.3 Å². The Morgan fingerprint density at radius 3 is 2.00 bits per heavy atom. The lowest BCUT2D eigenvalue weighted by Gasteiger charge is -2.62. The zero-order valence-electron chi connectivity index (χ0n) is 23.1. The summed E-state index contributed by atoms with van der Waals surface area (Å²) in [4.78, 5) is 56.9. The van der Waals surface area contributed by atoms with Gasteiger partial charge in [0.1, 0.15) is 23.7 Å². The summed E-state index contributed by atoms with van der Waals surface area (Å²) in [6.07, 6.45) is -3.41. The molecular formula is C30H32O10. The fourth-order valence-electron chi connectivity index (χ4n) is 8.27. The number of hydrogen-bond donors (Lipinski definition) is 2. The zero-order valence-corrected chi connectivity index (χ0v) is 23.1. The SMILES string of the molecule is CC(C)=C[C@@H](O)[C@]12O[C@@H]1C(=O)C1=C(C2=O)[C@@H]2O[C@H](C)[C@@H]1[C@@H]1[C@H](C)OC=C3C(=O)[C@@]4([C@H](O)C=C(C)C)O[C@@H]4C(=O)[C@]312. The molecule has 1 saturated carbocycles. The summed E-state index contributed by atoms with van der Waals surface area (Å²) < 4.78 is 23.8. The van der Waals surface area contributed by atoms with Gasteiger partial charge in [0.25, 0.3) is 0 Å². The van der Waals surface area contributed by atoms with Crippen molar-refractivity contribution < 1.29 is 48.3 Å². The van der Waals surface area contributed by atoms with Crippen LogP contribution in [-0.4, -0.2) is 87.3 Å². The fraction of sp³-hybridized carbons (Fsp3) is 0.600. The van der Waals surface area contributed by atoms with Gasteiger partial charge in [0.2, 0.25) is 5.78 Å². The molecule has 0 aromatic carbocycles. The second-order valence-electron chi connectivity index (χ2n) is 12.7. The first-order valence-corrected chi connectivity index (χ1v) is 13.7. The van der Waals surface area contributed by atoms with E-state index in [0.29, 0.717) is 0 Å². The van der Waals surface area contributed by atoms with Crippen LogP contribution in [0, 0.1) is 17.3 Å². The van der Waals surface area contributed by atoms with E-state index in [1.165, 1.54) is 18.4 Å². The number of aliphatic hydroxyl groups is 2. The van der Waals surface area contributed by atoms with Gasteiger partial charge in [-0.3, -0.25) is 19.2 Å². The maximum atomic E-state index is 14.6. The molecule has 0 unspecified atom stereocenters. The maximum Gasteiger partial charge on any atom is 0.201 e. The number of Topliss-reactive ketones (excluding diaryl/α,β-unsaturated/α-hetero) is 4. The molecule has 12 atom stereocenters. The summed E-state index contributed by atoms with van der Waals surface area (Å²) in [5.74, 6) is -3.55. The van der Waals surface area contributed by atoms with Crippen molar-refractivity contribution in [1.82, 2.24) is 0 Å². The van der Waals surface area contributed by atoms with Crippen LogP contribution in [0.5, 0.6) is 0 Å². The number of epoxide rings is 2. The van der Waals surface area contributed by atoms with Crippen molar-refractivity contribution in [1.29, 1.82) is 0 Å². The predicted molar refractivity (Wildman–Crippen MR) is 136 cm³/mol. The third kappa shape index (κ3) is 2.68. The molecule has 8 aliphatic rings. The number of ether oxygens (including phenoxy) is 4. The van der Waals surface area contributed by atoms with Gasteiger partial charge in [0.05, 0.1) is 24.0 Å². The lowest BCUT2D eigenvalue weighted by molar-refractivity contribution is -0.205. The quantitative estimate of drug-likeness (QED) is 0.379. The van der Waals surface area contributed by atoms with E-state index < -0.39 is 94.3 Å². The van der Waals surface area contributed by atoms with Gasteiger partial charge < -0.3 is 29.2 Å². The van der Waals surface area contributed by atoms with Crippen LogP contribution in [-0.2, 0) is 38.1 Å².